The topological polar surface area (TPSA) is 68.1 Å². The molecule has 0 unspecified atom stereocenters. The number of piperidine rings is 1. The van der Waals surface area contributed by atoms with Gasteiger partial charge in [0.15, 0.2) is 9.84 Å². The Labute approximate surface area is 176 Å². The number of likely N-dealkylation sites (tertiary alicyclic amines) is 1. The summed E-state index contributed by atoms with van der Waals surface area (Å²) in [7, 11) is -3.04. The number of para-hydroxylation sites is 1. The van der Waals surface area contributed by atoms with Crippen LogP contribution in [0.15, 0.2) is 54.7 Å². The van der Waals surface area contributed by atoms with Crippen LogP contribution in [0.4, 0.5) is 4.39 Å². The summed E-state index contributed by atoms with van der Waals surface area (Å²) in [6, 6.07) is 14.5. The fraction of sp³-hybridized carbons (Fsp3) is 0.364. The fourth-order valence-corrected chi connectivity index (χ4v) is 4.80. The van der Waals surface area contributed by atoms with Crippen LogP contribution < -0.4 is 0 Å². The quantitative estimate of drug-likeness (QED) is 0.602. The molecule has 3 aromatic rings. The first-order chi connectivity index (χ1) is 14.4. The van der Waals surface area contributed by atoms with Crippen LogP contribution in [-0.4, -0.2) is 47.7 Å². The third-order valence-corrected chi connectivity index (χ3v) is 6.32. The summed E-state index contributed by atoms with van der Waals surface area (Å²) in [6.07, 6.45) is 5.05. The molecule has 0 spiro atoms. The molecule has 8 heteroatoms. The number of hydrogen-bond acceptors (Lipinski definition) is 5. The second-order valence-electron chi connectivity index (χ2n) is 7.97. The zero-order chi connectivity index (χ0) is 21.1. The van der Waals surface area contributed by atoms with E-state index in [1.807, 2.05) is 18.2 Å². The molecular formula is C22H25FN4O2S. The lowest BCUT2D eigenvalue weighted by Gasteiger charge is -2.31. The van der Waals surface area contributed by atoms with Gasteiger partial charge in [0.05, 0.1) is 17.6 Å². The maximum absolute atomic E-state index is 13.9. The zero-order valence-corrected chi connectivity index (χ0v) is 17.7. The minimum atomic E-state index is -3.04. The van der Waals surface area contributed by atoms with Crippen LogP contribution >= 0.6 is 0 Å². The number of benzene rings is 2. The Balaban J connectivity index is 1.36. The Morgan fingerprint density at radius 3 is 2.60 bits per heavy atom. The molecule has 2 heterocycles. The number of sulfone groups is 1. The van der Waals surface area contributed by atoms with E-state index in [-0.39, 0.29) is 11.6 Å². The SMILES string of the molecule is CS(=O)(=O)Cc1cccc(C2CCN(Cc3cn(-c4ccccc4F)nn3)CC2)c1. The third-order valence-electron chi connectivity index (χ3n) is 5.46. The van der Waals surface area contributed by atoms with Crippen LogP contribution in [0.3, 0.4) is 0 Å². The Morgan fingerprint density at radius 2 is 1.87 bits per heavy atom. The predicted octanol–water partition coefficient (Wildman–Crippen LogP) is 3.33. The number of aromatic nitrogens is 3. The summed E-state index contributed by atoms with van der Waals surface area (Å²) in [4.78, 5) is 2.33. The van der Waals surface area contributed by atoms with Crippen molar-refractivity contribution in [3.8, 4) is 5.69 Å². The van der Waals surface area contributed by atoms with E-state index in [4.69, 9.17) is 0 Å². The first kappa shape index (κ1) is 20.7. The van der Waals surface area contributed by atoms with Gasteiger partial charge in [-0.05, 0) is 55.1 Å². The van der Waals surface area contributed by atoms with Crippen molar-refractivity contribution in [2.75, 3.05) is 19.3 Å². The van der Waals surface area contributed by atoms with E-state index in [9.17, 15) is 12.8 Å². The molecule has 0 amide bonds. The Kier molecular flexibility index (Phi) is 5.97. The molecule has 1 saturated heterocycles. The number of hydrogen-bond donors (Lipinski definition) is 0. The molecule has 0 bridgehead atoms. The summed E-state index contributed by atoms with van der Waals surface area (Å²) >= 11 is 0. The van der Waals surface area contributed by atoms with Crippen LogP contribution in [0, 0.1) is 5.82 Å². The molecule has 0 N–H and O–H groups in total. The van der Waals surface area contributed by atoms with E-state index < -0.39 is 9.84 Å². The van der Waals surface area contributed by atoms with Crippen molar-refractivity contribution in [3.63, 3.8) is 0 Å². The summed E-state index contributed by atoms with van der Waals surface area (Å²) < 4.78 is 38.6. The molecule has 1 aliphatic heterocycles. The third kappa shape index (κ3) is 5.12. The van der Waals surface area contributed by atoms with Gasteiger partial charge in [-0.1, -0.05) is 41.6 Å². The molecule has 0 radical (unpaired) electrons. The molecule has 158 valence electrons. The standard InChI is InChI=1S/C22H25FN4O2S/c1-30(28,29)16-17-5-4-6-19(13-17)18-9-11-26(12-10-18)14-20-15-27(25-24-20)22-8-3-2-7-21(22)23/h2-8,13,15,18H,9-12,14,16H2,1H3. The lowest BCUT2D eigenvalue weighted by Crippen LogP contribution is -2.32. The highest BCUT2D eigenvalue weighted by Crippen LogP contribution is 2.29. The van der Waals surface area contributed by atoms with Crippen LogP contribution in [-0.2, 0) is 22.1 Å². The van der Waals surface area contributed by atoms with E-state index in [0.29, 0.717) is 18.2 Å². The van der Waals surface area contributed by atoms with Gasteiger partial charge in [0.1, 0.15) is 11.5 Å². The lowest BCUT2D eigenvalue weighted by molar-refractivity contribution is 0.202. The minimum absolute atomic E-state index is 0.0807. The zero-order valence-electron chi connectivity index (χ0n) is 16.9. The normalized spacial score (nSPS) is 16.1. The van der Waals surface area contributed by atoms with Gasteiger partial charge in [-0.2, -0.15) is 0 Å². The van der Waals surface area contributed by atoms with E-state index >= 15 is 0 Å². The Hall–Kier alpha value is -2.58. The predicted molar refractivity (Wildman–Crippen MR) is 114 cm³/mol. The van der Waals surface area contributed by atoms with E-state index in [0.717, 1.165) is 37.2 Å². The van der Waals surface area contributed by atoms with Gasteiger partial charge in [0.2, 0.25) is 0 Å². The van der Waals surface area contributed by atoms with E-state index in [2.05, 4.69) is 21.3 Å². The Bertz CT molecular complexity index is 1120. The largest absolute Gasteiger partial charge is 0.297 e. The van der Waals surface area contributed by atoms with E-state index in [1.165, 1.54) is 22.6 Å². The van der Waals surface area contributed by atoms with Gasteiger partial charge < -0.3 is 0 Å². The van der Waals surface area contributed by atoms with Crippen molar-refractivity contribution in [2.45, 2.75) is 31.1 Å². The lowest BCUT2D eigenvalue weighted by atomic mass is 9.88. The van der Waals surface area contributed by atoms with Crippen molar-refractivity contribution >= 4 is 9.84 Å². The molecule has 1 fully saturated rings. The van der Waals surface area contributed by atoms with Crippen LogP contribution in [0.5, 0.6) is 0 Å². The first-order valence-electron chi connectivity index (χ1n) is 10.0. The summed E-state index contributed by atoms with van der Waals surface area (Å²) in [5.41, 5.74) is 3.26. The molecule has 0 atom stereocenters. The van der Waals surface area contributed by atoms with Crippen molar-refractivity contribution in [1.82, 2.24) is 19.9 Å². The number of rotatable bonds is 6. The van der Waals surface area contributed by atoms with Gasteiger partial charge in [-0.25, -0.2) is 17.5 Å². The Morgan fingerprint density at radius 1 is 1.10 bits per heavy atom. The number of nitrogens with zero attached hydrogens (tertiary/aromatic N) is 4. The van der Waals surface area contributed by atoms with Gasteiger partial charge >= 0.3 is 0 Å². The van der Waals surface area contributed by atoms with Crippen molar-refractivity contribution in [2.24, 2.45) is 0 Å². The highest BCUT2D eigenvalue weighted by molar-refractivity contribution is 7.89. The molecule has 0 saturated carbocycles. The second kappa shape index (κ2) is 8.65. The minimum Gasteiger partial charge on any atom is -0.297 e. The van der Waals surface area contributed by atoms with Gasteiger partial charge in [0, 0.05) is 12.8 Å². The van der Waals surface area contributed by atoms with Crippen LogP contribution in [0.25, 0.3) is 5.69 Å². The van der Waals surface area contributed by atoms with Crippen LogP contribution in [0.1, 0.15) is 35.6 Å². The average molecular weight is 429 g/mol. The maximum atomic E-state index is 13.9. The number of halogens is 1. The molecule has 30 heavy (non-hydrogen) atoms. The van der Waals surface area contributed by atoms with E-state index in [1.54, 1.807) is 24.4 Å². The van der Waals surface area contributed by atoms with Crippen molar-refractivity contribution < 1.29 is 12.8 Å². The first-order valence-corrected chi connectivity index (χ1v) is 12.1. The highest BCUT2D eigenvalue weighted by Gasteiger charge is 2.22. The highest BCUT2D eigenvalue weighted by atomic mass is 32.2. The molecule has 1 aromatic heterocycles. The summed E-state index contributed by atoms with van der Waals surface area (Å²) in [5.74, 6) is 0.180. The molecular weight excluding hydrogens is 403 g/mol. The molecule has 4 rings (SSSR count). The van der Waals surface area contributed by atoms with Crippen LogP contribution in [0.2, 0.25) is 0 Å². The molecule has 2 aromatic carbocycles. The van der Waals surface area contributed by atoms with Gasteiger partial charge in [-0.15, -0.1) is 5.10 Å². The van der Waals surface area contributed by atoms with Gasteiger partial charge in [0.25, 0.3) is 0 Å². The summed E-state index contributed by atoms with van der Waals surface area (Å²) in [6.45, 7) is 2.52. The molecule has 0 aliphatic carbocycles. The average Bonchev–Trinajstić information content (AvgIpc) is 3.16. The molecule has 6 nitrogen and oxygen atoms in total. The smallest absolute Gasteiger partial charge is 0.151 e. The maximum Gasteiger partial charge on any atom is 0.151 e. The molecule has 1 aliphatic rings. The monoisotopic (exact) mass is 428 g/mol. The van der Waals surface area contributed by atoms with Crippen molar-refractivity contribution in [1.29, 1.82) is 0 Å². The van der Waals surface area contributed by atoms with Gasteiger partial charge in [-0.3, -0.25) is 4.90 Å². The van der Waals surface area contributed by atoms with Crippen molar-refractivity contribution in [3.05, 3.63) is 77.4 Å². The fourth-order valence-electron chi connectivity index (χ4n) is 4.02. The second-order valence-corrected chi connectivity index (χ2v) is 10.1. The summed E-state index contributed by atoms with van der Waals surface area (Å²) in [5, 5.41) is 8.26.